The number of carboxylic acids is 1. The van der Waals surface area contributed by atoms with Crippen LogP contribution in [0.2, 0.25) is 0 Å². The topological polar surface area (TPSA) is 59.4 Å². The summed E-state index contributed by atoms with van der Waals surface area (Å²) in [5, 5.41) is 8.53. The van der Waals surface area contributed by atoms with Crippen LogP contribution in [-0.4, -0.2) is 22.4 Å². The van der Waals surface area contributed by atoms with Gasteiger partial charge in [-0.1, -0.05) is 15.9 Å². The largest absolute Gasteiger partial charge is 0.574 e. The van der Waals surface area contributed by atoms with Crippen molar-refractivity contribution < 1.29 is 36.6 Å². The van der Waals surface area contributed by atoms with Crippen LogP contribution in [0.4, 0.5) is 22.0 Å². The number of alkyl halides is 6. The molecule has 20 heavy (non-hydrogen) atoms. The average Bonchev–Trinajstić information content (AvgIpc) is 2.27. The van der Waals surface area contributed by atoms with E-state index in [1.807, 2.05) is 0 Å². The minimum atomic E-state index is -5.08. The van der Waals surface area contributed by atoms with E-state index in [2.05, 4.69) is 25.7 Å². The molecule has 1 aromatic heterocycles. The van der Waals surface area contributed by atoms with Crippen molar-refractivity contribution in [1.82, 2.24) is 4.98 Å². The number of ether oxygens (including phenoxy) is 1. The second-order valence-corrected chi connectivity index (χ2v) is 4.10. The summed E-state index contributed by atoms with van der Waals surface area (Å²) >= 11 is 2.89. The molecule has 0 unspecified atom stereocenters. The van der Waals surface area contributed by atoms with Crippen molar-refractivity contribution >= 4 is 21.9 Å². The molecule has 0 radical (unpaired) electrons. The average molecular weight is 364 g/mol. The molecule has 0 aliphatic carbocycles. The van der Waals surface area contributed by atoms with Crippen molar-refractivity contribution in [3.05, 3.63) is 22.9 Å². The number of pyridine rings is 1. The van der Waals surface area contributed by atoms with Crippen LogP contribution in [0.5, 0.6) is 5.88 Å². The smallest absolute Gasteiger partial charge is 0.481 e. The van der Waals surface area contributed by atoms with Crippen LogP contribution in [-0.2, 0) is 16.5 Å². The van der Waals surface area contributed by atoms with Crippen LogP contribution in [0.1, 0.15) is 23.2 Å². The zero-order valence-corrected chi connectivity index (χ0v) is 11.1. The number of aromatic nitrogens is 1. The van der Waals surface area contributed by atoms with Gasteiger partial charge in [-0.2, -0.15) is 0 Å². The first-order valence-electron chi connectivity index (χ1n) is 4.98. The van der Waals surface area contributed by atoms with Gasteiger partial charge in [-0.3, -0.25) is 4.79 Å². The third-order valence-electron chi connectivity index (χ3n) is 2.12. The van der Waals surface area contributed by atoms with E-state index < -0.39 is 36.8 Å². The molecule has 0 aliphatic rings. The van der Waals surface area contributed by atoms with Crippen molar-refractivity contribution in [2.45, 2.75) is 24.5 Å². The molecule has 0 spiro atoms. The summed E-state index contributed by atoms with van der Waals surface area (Å²) < 4.78 is 65.3. The van der Waals surface area contributed by atoms with Crippen molar-refractivity contribution in [2.75, 3.05) is 0 Å². The number of carbonyl (C=O) groups is 1. The van der Waals surface area contributed by atoms with Crippen LogP contribution in [0, 0.1) is 0 Å². The van der Waals surface area contributed by atoms with Crippen molar-refractivity contribution in [2.24, 2.45) is 0 Å². The predicted octanol–water partition coefficient (Wildman–Crippen LogP) is 3.44. The van der Waals surface area contributed by atoms with Crippen molar-refractivity contribution in [1.29, 1.82) is 0 Å². The van der Waals surface area contributed by atoms with Gasteiger partial charge >= 0.3 is 12.3 Å². The van der Waals surface area contributed by atoms with Crippen LogP contribution in [0.15, 0.2) is 6.07 Å². The summed E-state index contributed by atoms with van der Waals surface area (Å²) in [6.07, 6.45) is -9.08. The molecular formula is C10H7BrF5NO3. The molecule has 1 N–H and O–H groups in total. The van der Waals surface area contributed by atoms with Crippen LogP contribution >= 0.6 is 15.9 Å². The van der Waals surface area contributed by atoms with E-state index in [0.29, 0.717) is 0 Å². The highest BCUT2D eigenvalue weighted by Crippen LogP contribution is 2.31. The Labute approximate surface area is 117 Å². The van der Waals surface area contributed by atoms with Gasteiger partial charge in [-0.25, -0.2) is 13.8 Å². The molecule has 1 heterocycles. The van der Waals surface area contributed by atoms with Crippen LogP contribution < -0.4 is 4.74 Å². The summed E-state index contributed by atoms with van der Waals surface area (Å²) in [5.74, 6) is -2.46. The molecule has 0 aromatic carbocycles. The zero-order valence-electron chi connectivity index (χ0n) is 9.55. The molecule has 1 rings (SSSR count). The number of hydrogen-bond acceptors (Lipinski definition) is 3. The minimum Gasteiger partial charge on any atom is -0.481 e. The molecule has 4 nitrogen and oxygen atoms in total. The predicted molar refractivity (Wildman–Crippen MR) is 59.8 cm³/mol. The number of nitrogens with zero attached hydrogens (tertiary/aromatic N) is 1. The van der Waals surface area contributed by atoms with Gasteiger partial charge in [0.05, 0.1) is 6.42 Å². The van der Waals surface area contributed by atoms with Gasteiger partial charge in [0, 0.05) is 11.4 Å². The molecule has 0 bridgehead atoms. The fourth-order valence-electron chi connectivity index (χ4n) is 1.45. The number of hydrogen-bond donors (Lipinski definition) is 1. The van der Waals surface area contributed by atoms with Gasteiger partial charge in [0.25, 0.3) is 6.43 Å². The maximum atomic E-state index is 12.8. The van der Waals surface area contributed by atoms with Gasteiger partial charge in [0.15, 0.2) is 0 Å². The van der Waals surface area contributed by atoms with Gasteiger partial charge in [0.2, 0.25) is 5.88 Å². The molecule has 1 aromatic rings. The Balaban J connectivity index is 3.34. The normalized spacial score (nSPS) is 11.8. The van der Waals surface area contributed by atoms with E-state index in [0.717, 1.165) is 6.07 Å². The summed E-state index contributed by atoms with van der Waals surface area (Å²) in [7, 11) is 0. The lowest BCUT2D eigenvalue weighted by Gasteiger charge is -2.14. The summed E-state index contributed by atoms with van der Waals surface area (Å²) in [5.41, 5.74) is -1.43. The Kier molecular flexibility index (Phi) is 5.26. The first kappa shape index (κ1) is 16.6. The first-order chi connectivity index (χ1) is 9.14. The van der Waals surface area contributed by atoms with Crippen molar-refractivity contribution in [3.63, 3.8) is 0 Å². The number of aliphatic carboxylic acids is 1. The molecule has 0 aliphatic heterocycles. The Morgan fingerprint density at radius 1 is 1.45 bits per heavy atom. The Hall–Kier alpha value is -1.45. The molecule has 0 fully saturated rings. The summed E-state index contributed by atoms with van der Waals surface area (Å²) in [6, 6.07) is 0.770. The molecular weight excluding hydrogens is 357 g/mol. The highest BCUT2D eigenvalue weighted by atomic mass is 79.9. The third-order valence-corrected chi connectivity index (χ3v) is 2.73. The van der Waals surface area contributed by atoms with Crippen molar-refractivity contribution in [3.8, 4) is 5.88 Å². The Bertz CT molecular complexity index is 506. The second kappa shape index (κ2) is 6.33. The highest BCUT2D eigenvalue weighted by Gasteiger charge is 2.33. The van der Waals surface area contributed by atoms with E-state index in [-0.39, 0.29) is 16.5 Å². The fraction of sp³-hybridized carbons (Fsp3) is 0.400. The fourth-order valence-corrected chi connectivity index (χ4v) is 1.95. The lowest BCUT2D eigenvalue weighted by atomic mass is 10.0. The molecule has 112 valence electrons. The quantitative estimate of drug-likeness (QED) is 0.643. The lowest BCUT2D eigenvalue weighted by molar-refractivity contribution is -0.276. The van der Waals surface area contributed by atoms with Gasteiger partial charge in [-0.15, -0.1) is 13.2 Å². The molecule has 0 amide bonds. The maximum absolute atomic E-state index is 12.8. The van der Waals surface area contributed by atoms with Gasteiger partial charge in [0.1, 0.15) is 5.69 Å². The maximum Gasteiger partial charge on any atom is 0.574 e. The molecule has 0 saturated carbocycles. The zero-order chi connectivity index (χ0) is 15.5. The van der Waals surface area contributed by atoms with Gasteiger partial charge < -0.3 is 9.84 Å². The Morgan fingerprint density at radius 3 is 2.45 bits per heavy atom. The monoisotopic (exact) mass is 363 g/mol. The van der Waals surface area contributed by atoms with E-state index >= 15 is 0 Å². The van der Waals surface area contributed by atoms with Crippen LogP contribution in [0.3, 0.4) is 0 Å². The molecule has 0 atom stereocenters. The first-order valence-corrected chi connectivity index (χ1v) is 6.10. The summed E-state index contributed by atoms with van der Waals surface area (Å²) in [6.45, 7) is 0. The number of rotatable bonds is 5. The summed E-state index contributed by atoms with van der Waals surface area (Å²) in [4.78, 5) is 13.7. The Morgan fingerprint density at radius 2 is 2.05 bits per heavy atom. The number of carboxylic acid groups (broad SMARTS) is 1. The number of halogens is 6. The van der Waals surface area contributed by atoms with E-state index in [1.165, 1.54) is 0 Å². The second-order valence-electron chi connectivity index (χ2n) is 3.54. The standard InChI is InChI=1S/C10H7BrF5NO3/c11-3-4-1-6(20-10(14,15)16)17-8(9(12)13)5(4)2-7(18)19/h1,9H,2-3H2,(H,18,19). The molecule has 10 heteroatoms. The third kappa shape index (κ3) is 4.58. The SMILES string of the molecule is O=C(O)Cc1c(CBr)cc(OC(F)(F)F)nc1C(F)F. The van der Waals surface area contributed by atoms with E-state index in [1.54, 1.807) is 0 Å². The van der Waals surface area contributed by atoms with Crippen LogP contribution in [0.25, 0.3) is 0 Å². The van der Waals surface area contributed by atoms with E-state index in [4.69, 9.17) is 5.11 Å². The molecule has 0 saturated heterocycles. The van der Waals surface area contributed by atoms with Gasteiger partial charge in [-0.05, 0) is 11.1 Å². The highest BCUT2D eigenvalue weighted by molar-refractivity contribution is 9.08. The van der Waals surface area contributed by atoms with E-state index in [9.17, 15) is 26.7 Å². The lowest BCUT2D eigenvalue weighted by Crippen LogP contribution is -2.19. The minimum absolute atomic E-state index is 0.0584.